The summed E-state index contributed by atoms with van der Waals surface area (Å²) in [6.07, 6.45) is 0.925. The standard InChI is InChI=1S/C15H18BrN3/c1-8(2)11(7-17)15-18-13-6-10-9(14(13)19-15)4-3-5-12(10)16/h3-5,8,11H,6-7,17H2,1-2H3,(H,18,19). The van der Waals surface area contributed by atoms with Gasteiger partial charge in [-0.3, -0.25) is 0 Å². The second-order valence-corrected chi connectivity index (χ2v) is 6.33. The van der Waals surface area contributed by atoms with E-state index in [1.54, 1.807) is 0 Å². The largest absolute Gasteiger partial charge is 0.345 e. The summed E-state index contributed by atoms with van der Waals surface area (Å²) in [5.41, 5.74) is 10.8. The number of fused-ring (bicyclic) bond motifs is 3. The van der Waals surface area contributed by atoms with Gasteiger partial charge in [-0.2, -0.15) is 0 Å². The first-order chi connectivity index (χ1) is 9.11. The van der Waals surface area contributed by atoms with E-state index in [1.165, 1.54) is 16.8 Å². The van der Waals surface area contributed by atoms with Crippen LogP contribution in [0.15, 0.2) is 22.7 Å². The first kappa shape index (κ1) is 12.9. The highest BCUT2D eigenvalue weighted by Gasteiger charge is 2.27. The Kier molecular flexibility index (Phi) is 3.23. The predicted molar refractivity (Wildman–Crippen MR) is 81.2 cm³/mol. The van der Waals surface area contributed by atoms with Crippen molar-refractivity contribution >= 4 is 15.9 Å². The molecule has 1 heterocycles. The van der Waals surface area contributed by atoms with Crippen molar-refractivity contribution in [1.82, 2.24) is 9.97 Å². The lowest BCUT2D eigenvalue weighted by molar-refractivity contribution is 0.486. The maximum atomic E-state index is 5.88. The fraction of sp³-hybridized carbons (Fsp3) is 0.400. The van der Waals surface area contributed by atoms with Crippen LogP contribution in [0.1, 0.15) is 36.8 Å². The molecule has 1 aliphatic carbocycles. The number of halogens is 1. The average molecular weight is 320 g/mol. The molecule has 3 nitrogen and oxygen atoms in total. The summed E-state index contributed by atoms with van der Waals surface area (Å²) >= 11 is 3.61. The predicted octanol–water partition coefficient (Wildman–Crippen LogP) is 3.44. The van der Waals surface area contributed by atoms with Crippen LogP contribution < -0.4 is 5.73 Å². The molecular formula is C15H18BrN3. The van der Waals surface area contributed by atoms with Gasteiger partial charge in [-0.1, -0.05) is 41.9 Å². The molecule has 3 N–H and O–H groups in total. The van der Waals surface area contributed by atoms with Crippen LogP contribution >= 0.6 is 15.9 Å². The molecule has 0 fully saturated rings. The van der Waals surface area contributed by atoms with Crippen LogP contribution in [0.2, 0.25) is 0 Å². The third-order valence-corrected chi connectivity index (χ3v) is 4.68. The fourth-order valence-electron chi connectivity index (χ4n) is 2.79. The zero-order chi connectivity index (χ0) is 13.6. The summed E-state index contributed by atoms with van der Waals surface area (Å²) < 4.78 is 1.16. The number of nitrogens with two attached hydrogens (primary N) is 1. The van der Waals surface area contributed by atoms with E-state index in [0.29, 0.717) is 18.4 Å². The van der Waals surface area contributed by atoms with E-state index in [9.17, 15) is 0 Å². The fourth-order valence-corrected chi connectivity index (χ4v) is 3.30. The van der Waals surface area contributed by atoms with Crippen LogP contribution in [0.5, 0.6) is 0 Å². The summed E-state index contributed by atoms with van der Waals surface area (Å²) in [6, 6.07) is 6.29. The highest BCUT2D eigenvalue weighted by atomic mass is 79.9. The molecule has 0 saturated heterocycles. The number of rotatable bonds is 3. The topological polar surface area (TPSA) is 54.7 Å². The molecule has 0 aliphatic heterocycles. The summed E-state index contributed by atoms with van der Waals surface area (Å²) in [6.45, 7) is 5.01. The molecule has 2 aromatic rings. The molecule has 0 amide bonds. The van der Waals surface area contributed by atoms with Gasteiger partial charge in [0.1, 0.15) is 5.82 Å². The van der Waals surface area contributed by atoms with Crippen LogP contribution in [-0.2, 0) is 6.42 Å². The molecule has 0 bridgehead atoms. The van der Waals surface area contributed by atoms with Crippen LogP contribution in [-0.4, -0.2) is 16.5 Å². The van der Waals surface area contributed by atoms with Gasteiger partial charge in [-0.05, 0) is 17.5 Å². The zero-order valence-corrected chi connectivity index (χ0v) is 12.8. The maximum absolute atomic E-state index is 5.88. The van der Waals surface area contributed by atoms with Gasteiger partial charge < -0.3 is 10.7 Å². The van der Waals surface area contributed by atoms with E-state index in [1.807, 2.05) is 0 Å². The number of nitrogens with one attached hydrogen (secondary N) is 1. The summed E-state index contributed by atoms with van der Waals surface area (Å²) in [4.78, 5) is 8.30. The number of aromatic amines is 1. The van der Waals surface area contributed by atoms with Gasteiger partial charge in [-0.25, -0.2) is 4.98 Å². The Labute approximate surface area is 121 Å². The highest BCUT2D eigenvalue weighted by molar-refractivity contribution is 9.10. The zero-order valence-electron chi connectivity index (χ0n) is 11.2. The number of aromatic nitrogens is 2. The number of hydrogen-bond acceptors (Lipinski definition) is 2. The maximum Gasteiger partial charge on any atom is 0.111 e. The number of H-pyrrole nitrogens is 1. The van der Waals surface area contributed by atoms with Crippen LogP contribution in [0.3, 0.4) is 0 Å². The van der Waals surface area contributed by atoms with Crippen molar-refractivity contribution in [2.75, 3.05) is 6.54 Å². The molecule has 0 spiro atoms. The first-order valence-electron chi connectivity index (χ1n) is 6.68. The van der Waals surface area contributed by atoms with Crippen LogP contribution in [0.4, 0.5) is 0 Å². The van der Waals surface area contributed by atoms with Gasteiger partial charge in [0.05, 0.1) is 5.69 Å². The lowest BCUT2D eigenvalue weighted by Gasteiger charge is -2.16. The lowest BCUT2D eigenvalue weighted by Crippen LogP contribution is -2.19. The Hall–Kier alpha value is -1.13. The van der Waals surface area contributed by atoms with Crippen molar-refractivity contribution in [3.8, 4) is 11.3 Å². The lowest BCUT2D eigenvalue weighted by atomic mass is 9.95. The first-order valence-corrected chi connectivity index (χ1v) is 7.47. The minimum Gasteiger partial charge on any atom is -0.345 e. The van der Waals surface area contributed by atoms with Gasteiger partial charge in [-0.15, -0.1) is 0 Å². The van der Waals surface area contributed by atoms with E-state index in [0.717, 1.165) is 22.4 Å². The Morgan fingerprint density at radius 3 is 2.89 bits per heavy atom. The molecule has 4 heteroatoms. The molecular weight excluding hydrogens is 302 g/mol. The molecule has 100 valence electrons. The number of benzene rings is 1. The molecule has 1 aromatic carbocycles. The van der Waals surface area contributed by atoms with Crippen LogP contribution in [0, 0.1) is 5.92 Å². The molecule has 1 atom stereocenters. The second kappa shape index (κ2) is 4.76. The summed E-state index contributed by atoms with van der Waals surface area (Å²) in [5.74, 6) is 1.84. The Balaban J connectivity index is 2.04. The van der Waals surface area contributed by atoms with Gasteiger partial charge in [0.25, 0.3) is 0 Å². The van der Waals surface area contributed by atoms with E-state index >= 15 is 0 Å². The van der Waals surface area contributed by atoms with Gasteiger partial charge >= 0.3 is 0 Å². The third kappa shape index (κ3) is 2.03. The van der Waals surface area contributed by atoms with Gasteiger partial charge in [0.15, 0.2) is 0 Å². The SMILES string of the molecule is CC(C)C(CN)c1nc2c([nH]1)Cc1c(Br)cccc1-2. The second-order valence-electron chi connectivity index (χ2n) is 5.48. The highest BCUT2D eigenvalue weighted by Crippen LogP contribution is 2.39. The monoisotopic (exact) mass is 319 g/mol. The minimum atomic E-state index is 0.307. The van der Waals surface area contributed by atoms with Crippen molar-refractivity contribution in [3.05, 3.63) is 39.8 Å². The Bertz CT molecular complexity index is 616. The van der Waals surface area contributed by atoms with E-state index in [2.05, 4.69) is 53.0 Å². The average Bonchev–Trinajstić information content (AvgIpc) is 2.89. The van der Waals surface area contributed by atoms with Crippen molar-refractivity contribution in [1.29, 1.82) is 0 Å². The minimum absolute atomic E-state index is 0.307. The summed E-state index contributed by atoms with van der Waals surface area (Å²) in [5, 5.41) is 0. The molecule has 1 aliphatic rings. The van der Waals surface area contributed by atoms with Crippen molar-refractivity contribution < 1.29 is 0 Å². The van der Waals surface area contributed by atoms with E-state index < -0.39 is 0 Å². The third-order valence-electron chi connectivity index (χ3n) is 3.93. The van der Waals surface area contributed by atoms with Gasteiger partial charge in [0, 0.05) is 34.6 Å². The molecule has 3 rings (SSSR count). The number of hydrogen-bond donors (Lipinski definition) is 2. The Morgan fingerprint density at radius 2 is 2.21 bits per heavy atom. The molecule has 19 heavy (non-hydrogen) atoms. The molecule has 0 saturated carbocycles. The molecule has 0 radical (unpaired) electrons. The Morgan fingerprint density at radius 1 is 1.42 bits per heavy atom. The van der Waals surface area contributed by atoms with E-state index in [-0.39, 0.29) is 0 Å². The number of imidazole rings is 1. The smallest absolute Gasteiger partial charge is 0.111 e. The normalized spacial score (nSPS) is 14.6. The van der Waals surface area contributed by atoms with Crippen LogP contribution in [0.25, 0.3) is 11.3 Å². The van der Waals surface area contributed by atoms with Crippen molar-refractivity contribution in [2.45, 2.75) is 26.2 Å². The number of nitrogens with zero attached hydrogens (tertiary/aromatic N) is 1. The molecule has 1 aromatic heterocycles. The molecule has 1 unspecified atom stereocenters. The van der Waals surface area contributed by atoms with Crippen molar-refractivity contribution in [2.24, 2.45) is 11.7 Å². The van der Waals surface area contributed by atoms with Gasteiger partial charge in [0.2, 0.25) is 0 Å². The quantitative estimate of drug-likeness (QED) is 0.777. The van der Waals surface area contributed by atoms with Crippen molar-refractivity contribution in [3.63, 3.8) is 0 Å². The summed E-state index contributed by atoms with van der Waals surface area (Å²) in [7, 11) is 0. The van der Waals surface area contributed by atoms with E-state index in [4.69, 9.17) is 10.7 Å².